The number of aliphatic hydroxyl groups excluding tert-OH is 1. The first kappa shape index (κ1) is 21.9. The molecule has 2 N–H and O–H groups in total. The zero-order valence-corrected chi connectivity index (χ0v) is 17.9. The van der Waals surface area contributed by atoms with Crippen LogP contribution in [0.1, 0.15) is 22.3 Å². The van der Waals surface area contributed by atoms with E-state index in [0.717, 1.165) is 39.2 Å². The summed E-state index contributed by atoms with van der Waals surface area (Å²) in [6, 6.07) is 21.8. The fourth-order valence-electron chi connectivity index (χ4n) is 4.19. The molecule has 32 heavy (non-hydrogen) atoms. The first-order valence-electron chi connectivity index (χ1n) is 10.6. The largest absolute Gasteiger partial charge is 0.390 e. The minimum atomic E-state index is -3.09. The Morgan fingerprint density at radius 2 is 1.91 bits per heavy atom. The third-order valence-electron chi connectivity index (χ3n) is 5.87. The molecule has 0 atom stereocenters. The molecule has 4 nitrogen and oxygen atoms in total. The molecule has 0 fully saturated rings. The van der Waals surface area contributed by atoms with Gasteiger partial charge in [-0.05, 0) is 71.5 Å². The molecule has 3 aromatic carbocycles. The molecule has 0 spiro atoms. The van der Waals surface area contributed by atoms with Crippen molar-refractivity contribution in [2.75, 3.05) is 25.0 Å². The van der Waals surface area contributed by atoms with E-state index >= 15 is 0 Å². The lowest BCUT2D eigenvalue weighted by Crippen LogP contribution is -2.41. The van der Waals surface area contributed by atoms with E-state index in [0.29, 0.717) is 25.1 Å². The second-order valence-electron chi connectivity index (χ2n) is 8.26. The van der Waals surface area contributed by atoms with E-state index < -0.39 is 19.1 Å². The number of rotatable bonds is 6. The molecule has 4 rings (SSSR count). The third kappa shape index (κ3) is 4.80. The smallest absolute Gasteiger partial charge is 0.283 e. The maximum atomic E-state index is 13.6. The molecular formula is C26H25F2N3O. The fourth-order valence-corrected chi connectivity index (χ4v) is 4.19. The Morgan fingerprint density at radius 3 is 2.62 bits per heavy atom. The molecule has 6 heteroatoms. The highest BCUT2D eigenvalue weighted by molar-refractivity contribution is 5.75. The zero-order chi connectivity index (χ0) is 22.7. The molecule has 0 unspecified atom stereocenters. The van der Waals surface area contributed by atoms with Crippen molar-refractivity contribution in [3.63, 3.8) is 0 Å². The van der Waals surface area contributed by atoms with E-state index in [9.17, 15) is 8.78 Å². The molecule has 164 valence electrons. The van der Waals surface area contributed by atoms with Gasteiger partial charge in [0.15, 0.2) is 0 Å². The lowest BCUT2D eigenvalue weighted by molar-refractivity contribution is -0.0749. The minimum Gasteiger partial charge on any atom is -0.390 e. The Bertz CT molecular complexity index is 1150. The van der Waals surface area contributed by atoms with Crippen molar-refractivity contribution in [2.24, 2.45) is 0 Å². The van der Waals surface area contributed by atoms with Crippen molar-refractivity contribution in [2.45, 2.75) is 25.8 Å². The van der Waals surface area contributed by atoms with Gasteiger partial charge in [0.05, 0.1) is 18.2 Å². The maximum absolute atomic E-state index is 13.6. The van der Waals surface area contributed by atoms with Crippen molar-refractivity contribution in [3.05, 3.63) is 82.9 Å². The number of aliphatic hydroxyl groups is 1. The standard InChI is InChI=1S/C26H25F2N3O/c1-18-5-10-22(13-24(18)20-8-6-19(14-29)7-9-20)30-25-4-2-3-21-15-31(12-11-23(21)25)16-26(27,28)17-32/h2-10,13,30,32H,11-12,15-17H2,1H3. The molecule has 0 bridgehead atoms. The average Bonchev–Trinajstić information content (AvgIpc) is 2.80. The highest BCUT2D eigenvalue weighted by atomic mass is 19.3. The van der Waals surface area contributed by atoms with Crippen LogP contribution >= 0.6 is 0 Å². The number of anilines is 2. The van der Waals surface area contributed by atoms with Crippen LogP contribution in [-0.2, 0) is 13.0 Å². The third-order valence-corrected chi connectivity index (χ3v) is 5.87. The summed E-state index contributed by atoms with van der Waals surface area (Å²) in [7, 11) is 0. The number of hydrogen-bond donors (Lipinski definition) is 2. The van der Waals surface area contributed by atoms with E-state index in [1.165, 1.54) is 0 Å². The number of fused-ring (bicyclic) bond motifs is 1. The lowest BCUT2D eigenvalue weighted by Gasteiger charge is -2.32. The highest BCUT2D eigenvalue weighted by Crippen LogP contribution is 2.32. The average molecular weight is 434 g/mol. The minimum absolute atomic E-state index is 0.435. The first-order chi connectivity index (χ1) is 15.4. The normalized spacial score (nSPS) is 14.0. The summed E-state index contributed by atoms with van der Waals surface area (Å²) in [5, 5.41) is 21.4. The molecule has 3 aromatic rings. The summed E-state index contributed by atoms with van der Waals surface area (Å²) in [5.41, 5.74) is 7.97. The van der Waals surface area contributed by atoms with Crippen LogP contribution in [0.4, 0.5) is 20.2 Å². The van der Waals surface area contributed by atoms with Crippen molar-refractivity contribution < 1.29 is 13.9 Å². The van der Waals surface area contributed by atoms with Crippen molar-refractivity contribution in [1.82, 2.24) is 4.90 Å². The van der Waals surface area contributed by atoms with Gasteiger partial charge in [0.1, 0.15) is 6.61 Å². The summed E-state index contributed by atoms with van der Waals surface area (Å²) in [5.74, 6) is -3.09. The second kappa shape index (κ2) is 9.07. The van der Waals surface area contributed by atoms with Gasteiger partial charge < -0.3 is 10.4 Å². The molecule has 1 aliphatic heterocycles. The van der Waals surface area contributed by atoms with Crippen LogP contribution in [0.25, 0.3) is 11.1 Å². The molecular weight excluding hydrogens is 408 g/mol. The predicted molar refractivity (Wildman–Crippen MR) is 122 cm³/mol. The molecule has 0 radical (unpaired) electrons. The highest BCUT2D eigenvalue weighted by Gasteiger charge is 2.32. The predicted octanol–water partition coefficient (Wildman–Crippen LogP) is 5.26. The molecule has 0 aliphatic carbocycles. The summed E-state index contributed by atoms with van der Waals surface area (Å²) < 4.78 is 27.2. The maximum Gasteiger partial charge on any atom is 0.283 e. The van der Waals surface area contributed by atoms with Gasteiger partial charge in [-0.3, -0.25) is 4.90 Å². The Labute approximate surface area is 186 Å². The van der Waals surface area contributed by atoms with Crippen LogP contribution in [0.3, 0.4) is 0 Å². The zero-order valence-electron chi connectivity index (χ0n) is 17.9. The fraction of sp³-hybridized carbons (Fsp3) is 0.269. The Hall–Kier alpha value is -3.27. The number of benzene rings is 3. The number of nitriles is 1. The number of halogens is 2. The van der Waals surface area contributed by atoms with Gasteiger partial charge in [0, 0.05) is 24.5 Å². The van der Waals surface area contributed by atoms with Gasteiger partial charge in [0.25, 0.3) is 5.92 Å². The van der Waals surface area contributed by atoms with Crippen LogP contribution in [0.2, 0.25) is 0 Å². The number of hydrogen-bond acceptors (Lipinski definition) is 4. The number of nitrogens with zero attached hydrogens (tertiary/aromatic N) is 2. The van der Waals surface area contributed by atoms with E-state index in [-0.39, 0.29) is 0 Å². The van der Waals surface area contributed by atoms with Gasteiger partial charge in [-0.25, -0.2) is 8.78 Å². The van der Waals surface area contributed by atoms with E-state index in [2.05, 4.69) is 30.4 Å². The molecule has 1 aliphatic rings. The van der Waals surface area contributed by atoms with Gasteiger partial charge in [-0.1, -0.05) is 30.3 Å². The number of aryl methyl sites for hydroxylation is 1. The van der Waals surface area contributed by atoms with Gasteiger partial charge >= 0.3 is 0 Å². The monoisotopic (exact) mass is 433 g/mol. The van der Waals surface area contributed by atoms with E-state index in [1.54, 1.807) is 4.90 Å². The van der Waals surface area contributed by atoms with Crippen LogP contribution in [-0.4, -0.2) is 35.6 Å². The molecule has 0 amide bonds. The second-order valence-corrected chi connectivity index (χ2v) is 8.26. The SMILES string of the molecule is Cc1ccc(Nc2cccc3c2CCN(CC(F)(F)CO)C3)cc1-c1ccc(C#N)cc1. The molecule has 1 heterocycles. The van der Waals surface area contributed by atoms with Crippen LogP contribution in [0, 0.1) is 18.3 Å². The van der Waals surface area contributed by atoms with Crippen LogP contribution in [0.5, 0.6) is 0 Å². The Kier molecular flexibility index (Phi) is 6.22. The summed E-state index contributed by atoms with van der Waals surface area (Å²) in [4.78, 5) is 1.69. The summed E-state index contributed by atoms with van der Waals surface area (Å²) >= 11 is 0. The lowest BCUT2D eigenvalue weighted by atomic mass is 9.96. The van der Waals surface area contributed by atoms with Crippen LogP contribution < -0.4 is 5.32 Å². The van der Waals surface area contributed by atoms with Crippen molar-refractivity contribution in [1.29, 1.82) is 5.26 Å². The van der Waals surface area contributed by atoms with E-state index in [1.807, 2.05) is 48.5 Å². The Balaban J connectivity index is 1.56. The summed E-state index contributed by atoms with van der Waals surface area (Å²) in [6.07, 6.45) is 0.661. The summed E-state index contributed by atoms with van der Waals surface area (Å²) in [6.45, 7) is 1.44. The van der Waals surface area contributed by atoms with Gasteiger partial charge in [-0.15, -0.1) is 0 Å². The van der Waals surface area contributed by atoms with Gasteiger partial charge in [-0.2, -0.15) is 5.26 Å². The Morgan fingerprint density at radius 1 is 1.12 bits per heavy atom. The first-order valence-corrected chi connectivity index (χ1v) is 10.6. The number of nitrogens with one attached hydrogen (secondary N) is 1. The van der Waals surface area contributed by atoms with Crippen LogP contribution in [0.15, 0.2) is 60.7 Å². The van der Waals surface area contributed by atoms with E-state index in [4.69, 9.17) is 10.4 Å². The van der Waals surface area contributed by atoms with Crippen molar-refractivity contribution >= 4 is 11.4 Å². The molecule has 0 saturated heterocycles. The quantitative estimate of drug-likeness (QED) is 0.557. The molecule has 0 aromatic heterocycles. The molecule has 0 saturated carbocycles. The number of alkyl halides is 2. The van der Waals surface area contributed by atoms with Gasteiger partial charge in [0.2, 0.25) is 0 Å². The van der Waals surface area contributed by atoms with Crippen molar-refractivity contribution in [3.8, 4) is 17.2 Å². The topological polar surface area (TPSA) is 59.3 Å².